The highest BCUT2D eigenvalue weighted by molar-refractivity contribution is 5.95. The maximum Gasteiger partial charge on any atom is 0.251 e. The van der Waals surface area contributed by atoms with Gasteiger partial charge in [0.2, 0.25) is 5.91 Å². The van der Waals surface area contributed by atoms with Crippen LogP contribution in [0, 0.1) is 6.92 Å². The zero-order valence-electron chi connectivity index (χ0n) is 13.8. The van der Waals surface area contributed by atoms with Gasteiger partial charge in [-0.05, 0) is 36.6 Å². The number of amides is 1. The molecule has 1 aromatic heterocycles. The first-order chi connectivity index (χ1) is 11.6. The minimum atomic E-state index is -0.0789. The van der Waals surface area contributed by atoms with E-state index in [9.17, 15) is 9.59 Å². The van der Waals surface area contributed by atoms with Crippen molar-refractivity contribution in [3.8, 4) is 0 Å². The SMILES string of the molecule is CCc1c(C)c2ccc(NC(=O)Cc3ccccc3)cc2[nH]c1=O. The Balaban J connectivity index is 1.86. The molecule has 4 heteroatoms. The molecular formula is C20H20N2O2. The standard InChI is InChI=1S/C20H20N2O2/c1-3-16-13(2)17-10-9-15(12-18(17)22-20(16)24)21-19(23)11-14-7-5-4-6-8-14/h4-10,12H,3,11H2,1-2H3,(H,21,23)(H,22,24). The molecule has 0 saturated carbocycles. The van der Waals surface area contributed by atoms with E-state index < -0.39 is 0 Å². The molecule has 0 atom stereocenters. The fraction of sp³-hybridized carbons (Fsp3) is 0.200. The zero-order chi connectivity index (χ0) is 17.1. The van der Waals surface area contributed by atoms with E-state index in [1.165, 1.54) is 0 Å². The third-order valence-electron chi connectivity index (χ3n) is 4.24. The second-order valence-electron chi connectivity index (χ2n) is 5.88. The van der Waals surface area contributed by atoms with Gasteiger partial charge in [0.15, 0.2) is 0 Å². The second kappa shape index (κ2) is 6.71. The van der Waals surface area contributed by atoms with Gasteiger partial charge >= 0.3 is 0 Å². The summed E-state index contributed by atoms with van der Waals surface area (Å²) >= 11 is 0. The van der Waals surface area contributed by atoms with E-state index in [4.69, 9.17) is 0 Å². The van der Waals surface area contributed by atoms with Crippen LogP contribution in [0.3, 0.4) is 0 Å². The molecule has 0 spiro atoms. The molecule has 0 radical (unpaired) electrons. The number of rotatable bonds is 4. The topological polar surface area (TPSA) is 62.0 Å². The van der Waals surface area contributed by atoms with Gasteiger partial charge < -0.3 is 10.3 Å². The lowest BCUT2D eigenvalue weighted by atomic mass is 10.0. The van der Waals surface area contributed by atoms with E-state index in [0.29, 0.717) is 18.5 Å². The average molecular weight is 320 g/mol. The molecule has 0 bridgehead atoms. The first kappa shape index (κ1) is 16.0. The van der Waals surface area contributed by atoms with E-state index in [1.807, 2.05) is 62.4 Å². The highest BCUT2D eigenvalue weighted by atomic mass is 16.1. The molecule has 0 saturated heterocycles. The number of anilines is 1. The summed E-state index contributed by atoms with van der Waals surface area (Å²) in [7, 11) is 0. The van der Waals surface area contributed by atoms with Crippen molar-refractivity contribution in [3.05, 3.63) is 75.6 Å². The van der Waals surface area contributed by atoms with Crippen molar-refractivity contribution in [1.29, 1.82) is 0 Å². The minimum absolute atomic E-state index is 0.0599. The van der Waals surface area contributed by atoms with E-state index >= 15 is 0 Å². The van der Waals surface area contributed by atoms with Gasteiger partial charge in [0.05, 0.1) is 11.9 Å². The summed E-state index contributed by atoms with van der Waals surface area (Å²) in [6.07, 6.45) is 1.02. The number of carbonyl (C=O) groups is 1. The predicted octanol–water partition coefficient (Wildman–Crippen LogP) is 3.58. The maximum atomic E-state index is 12.2. The van der Waals surface area contributed by atoms with Crippen molar-refractivity contribution in [2.45, 2.75) is 26.7 Å². The summed E-state index contributed by atoms with van der Waals surface area (Å²) in [5, 5.41) is 3.90. The Morgan fingerprint density at radius 1 is 1.12 bits per heavy atom. The van der Waals surface area contributed by atoms with Crippen LogP contribution in [0.4, 0.5) is 5.69 Å². The number of carbonyl (C=O) groups excluding carboxylic acids is 1. The second-order valence-corrected chi connectivity index (χ2v) is 5.88. The van der Waals surface area contributed by atoms with Gasteiger partial charge in [-0.3, -0.25) is 9.59 Å². The van der Waals surface area contributed by atoms with Gasteiger partial charge in [-0.1, -0.05) is 43.3 Å². The number of aromatic nitrogens is 1. The van der Waals surface area contributed by atoms with Gasteiger partial charge in [0.1, 0.15) is 0 Å². The van der Waals surface area contributed by atoms with Crippen LogP contribution < -0.4 is 10.9 Å². The molecule has 122 valence electrons. The summed E-state index contributed by atoms with van der Waals surface area (Å²) in [6.45, 7) is 3.94. The molecular weight excluding hydrogens is 300 g/mol. The van der Waals surface area contributed by atoms with E-state index in [-0.39, 0.29) is 11.5 Å². The molecule has 0 unspecified atom stereocenters. The molecule has 3 aromatic rings. The van der Waals surface area contributed by atoms with Crippen molar-refractivity contribution >= 4 is 22.5 Å². The van der Waals surface area contributed by atoms with Crippen LogP contribution in [0.5, 0.6) is 0 Å². The molecule has 3 rings (SSSR count). The predicted molar refractivity (Wildman–Crippen MR) is 97.5 cm³/mol. The number of H-pyrrole nitrogens is 1. The molecule has 0 aliphatic rings. The van der Waals surface area contributed by atoms with Gasteiger partial charge in [0, 0.05) is 16.6 Å². The molecule has 1 heterocycles. The first-order valence-electron chi connectivity index (χ1n) is 8.07. The van der Waals surface area contributed by atoms with Crippen LogP contribution in [0.1, 0.15) is 23.6 Å². The quantitative estimate of drug-likeness (QED) is 0.772. The Kier molecular flexibility index (Phi) is 4.47. The lowest BCUT2D eigenvalue weighted by molar-refractivity contribution is -0.115. The van der Waals surface area contributed by atoms with E-state index in [2.05, 4.69) is 10.3 Å². The Hall–Kier alpha value is -2.88. The summed E-state index contributed by atoms with van der Waals surface area (Å²) in [5.74, 6) is -0.0789. The van der Waals surface area contributed by atoms with Crippen LogP contribution >= 0.6 is 0 Å². The van der Waals surface area contributed by atoms with Crippen LogP contribution in [-0.4, -0.2) is 10.9 Å². The molecule has 24 heavy (non-hydrogen) atoms. The smallest absolute Gasteiger partial charge is 0.251 e. The van der Waals surface area contributed by atoms with Gasteiger partial charge in [0.25, 0.3) is 5.56 Å². The Morgan fingerprint density at radius 2 is 1.88 bits per heavy atom. The fourth-order valence-corrected chi connectivity index (χ4v) is 3.00. The number of hydrogen-bond acceptors (Lipinski definition) is 2. The third kappa shape index (κ3) is 3.23. The molecule has 0 aliphatic carbocycles. The number of fused-ring (bicyclic) bond motifs is 1. The maximum absolute atomic E-state index is 12.2. The molecule has 4 nitrogen and oxygen atoms in total. The summed E-state index contributed by atoms with van der Waals surface area (Å²) in [4.78, 5) is 27.2. The number of pyridine rings is 1. The molecule has 0 aliphatic heterocycles. The van der Waals surface area contributed by atoms with Crippen molar-refractivity contribution in [1.82, 2.24) is 4.98 Å². The van der Waals surface area contributed by atoms with Crippen LogP contribution in [0.15, 0.2) is 53.3 Å². The summed E-state index contributed by atoms with van der Waals surface area (Å²) in [6, 6.07) is 15.2. The Labute approximate surface area is 140 Å². The summed E-state index contributed by atoms with van der Waals surface area (Å²) < 4.78 is 0. The number of aryl methyl sites for hydroxylation is 1. The van der Waals surface area contributed by atoms with Gasteiger partial charge in [-0.2, -0.15) is 0 Å². The molecule has 2 N–H and O–H groups in total. The van der Waals surface area contributed by atoms with Crippen molar-refractivity contribution < 1.29 is 4.79 Å². The first-order valence-corrected chi connectivity index (χ1v) is 8.07. The van der Waals surface area contributed by atoms with Crippen LogP contribution in [0.2, 0.25) is 0 Å². The average Bonchev–Trinajstić information content (AvgIpc) is 2.55. The van der Waals surface area contributed by atoms with E-state index in [0.717, 1.165) is 27.6 Å². The molecule has 2 aromatic carbocycles. The van der Waals surface area contributed by atoms with Gasteiger partial charge in [-0.15, -0.1) is 0 Å². The highest BCUT2D eigenvalue weighted by Crippen LogP contribution is 2.21. The van der Waals surface area contributed by atoms with Crippen molar-refractivity contribution in [2.75, 3.05) is 5.32 Å². The molecule has 1 amide bonds. The zero-order valence-corrected chi connectivity index (χ0v) is 13.8. The lowest BCUT2D eigenvalue weighted by Gasteiger charge is -2.10. The third-order valence-corrected chi connectivity index (χ3v) is 4.24. The Morgan fingerprint density at radius 3 is 2.58 bits per heavy atom. The monoisotopic (exact) mass is 320 g/mol. The fourth-order valence-electron chi connectivity index (χ4n) is 3.00. The van der Waals surface area contributed by atoms with Crippen molar-refractivity contribution in [2.24, 2.45) is 0 Å². The van der Waals surface area contributed by atoms with Crippen molar-refractivity contribution in [3.63, 3.8) is 0 Å². The van der Waals surface area contributed by atoms with Crippen LogP contribution in [-0.2, 0) is 17.6 Å². The molecule has 0 fully saturated rings. The number of aromatic amines is 1. The highest BCUT2D eigenvalue weighted by Gasteiger charge is 2.09. The lowest BCUT2D eigenvalue weighted by Crippen LogP contribution is -2.16. The normalized spacial score (nSPS) is 10.8. The largest absolute Gasteiger partial charge is 0.326 e. The summed E-state index contributed by atoms with van der Waals surface area (Å²) in [5.41, 5.74) is 4.14. The number of hydrogen-bond donors (Lipinski definition) is 2. The van der Waals surface area contributed by atoms with Crippen LogP contribution in [0.25, 0.3) is 10.9 Å². The Bertz CT molecular complexity index is 943. The number of nitrogens with one attached hydrogen (secondary N) is 2. The van der Waals surface area contributed by atoms with Gasteiger partial charge in [-0.25, -0.2) is 0 Å². The minimum Gasteiger partial charge on any atom is -0.326 e. The van der Waals surface area contributed by atoms with E-state index in [1.54, 1.807) is 0 Å². The number of benzene rings is 2.